The fraction of sp³-hybridized carbons (Fsp3) is 0.545. The number of amides is 1. The lowest BCUT2D eigenvalue weighted by Crippen LogP contribution is -2.39. The van der Waals surface area contributed by atoms with Crippen LogP contribution in [-0.4, -0.2) is 40.9 Å². The summed E-state index contributed by atoms with van der Waals surface area (Å²) in [5, 5.41) is 8.07. The standard InChI is InChI=1S/C22H31N5O/c1-3-14-26-21(10-13-23-26)24-18-11-15-25(16-12-18)19-5-7-20(8-6-19)27-17(2)4-9-22(27)28/h5-8,10,13,17-18,24H,3-4,9,11-12,14-16H2,1-2H3. The Morgan fingerprint density at radius 1 is 1.07 bits per heavy atom. The van der Waals surface area contributed by atoms with Crippen LogP contribution >= 0.6 is 0 Å². The second-order valence-electron chi connectivity index (χ2n) is 8.01. The molecule has 0 saturated carbocycles. The molecule has 1 amide bonds. The van der Waals surface area contributed by atoms with Gasteiger partial charge in [-0.05, 0) is 56.9 Å². The summed E-state index contributed by atoms with van der Waals surface area (Å²) in [7, 11) is 0. The minimum absolute atomic E-state index is 0.245. The van der Waals surface area contributed by atoms with Crippen LogP contribution in [-0.2, 0) is 11.3 Å². The molecule has 3 heterocycles. The van der Waals surface area contributed by atoms with E-state index >= 15 is 0 Å². The average molecular weight is 382 g/mol. The van der Waals surface area contributed by atoms with Crippen LogP contribution in [0.25, 0.3) is 0 Å². The average Bonchev–Trinajstić information content (AvgIpc) is 3.29. The Bertz CT molecular complexity index is 792. The van der Waals surface area contributed by atoms with Gasteiger partial charge in [-0.3, -0.25) is 4.79 Å². The number of hydrogen-bond donors (Lipinski definition) is 1. The van der Waals surface area contributed by atoms with E-state index in [-0.39, 0.29) is 5.91 Å². The second-order valence-corrected chi connectivity index (χ2v) is 8.01. The first kappa shape index (κ1) is 18.8. The van der Waals surface area contributed by atoms with Gasteiger partial charge < -0.3 is 15.1 Å². The molecule has 4 rings (SSSR count). The van der Waals surface area contributed by atoms with Gasteiger partial charge in [-0.2, -0.15) is 5.10 Å². The SMILES string of the molecule is CCCn1nccc1NC1CCN(c2ccc(N3C(=O)CCC3C)cc2)CC1. The molecule has 2 aliphatic heterocycles. The van der Waals surface area contributed by atoms with E-state index in [1.165, 1.54) is 5.69 Å². The number of piperidine rings is 1. The van der Waals surface area contributed by atoms with E-state index in [9.17, 15) is 4.79 Å². The molecule has 1 aromatic carbocycles. The molecule has 2 aliphatic rings. The Balaban J connectivity index is 1.33. The topological polar surface area (TPSA) is 53.4 Å². The molecule has 6 nitrogen and oxygen atoms in total. The Hall–Kier alpha value is -2.50. The van der Waals surface area contributed by atoms with Crippen molar-refractivity contribution in [3.05, 3.63) is 36.5 Å². The summed E-state index contributed by atoms with van der Waals surface area (Å²) in [5.74, 6) is 1.38. The molecule has 6 heteroatoms. The molecule has 0 aliphatic carbocycles. The molecular formula is C22H31N5O. The quantitative estimate of drug-likeness (QED) is 0.825. The fourth-order valence-corrected chi connectivity index (χ4v) is 4.39. The van der Waals surface area contributed by atoms with Crippen molar-refractivity contribution in [3.8, 4) is 0 Å². The summed E-state index contributed by atoms with van der Waals surface area (Å²) in [6, 6.07) is 11.4. The van der Waals surface area contributed by atoms with Crippen LogP contribution in [0.2, 0.25) is 0 Å². The minimum Gasteiger partial charge on any atom is -0.371 e. The van der Waals surface area contributed by atoms with Gasteiger partial charge in [0.2, 0.25) is 5.91 Å². The normalized spacial score (nSPS) is 20.8. The van der Waals surface area contributed by atoms with Gasteiger partial charge in [-0.25, -0.2) is 4.68 Å². The Labute approximate surface area is 167 Å². The van der Waals surface area contributed by atoms with Crippen LogP contribution in [0.5, 0.6) is 0 Å². The lowest BCUT2D eigenvalue weighted by Gasteiger charge is -2.34. The first-order chi connectivity index (χ1) is 13.7. The van der Waals surface area contributed by atoms with E-state index in [1.54, 1.807) is 0 Å². The Morgan fingerprint density at radius 2 is 1.79 bits per heavy atom. The van der Waals surface area contributed by atoms with Crippen LogP contribution in [0.1, 0.15) is 46.0 Å². The summed E-state index contributed by atoms with van der Waals surface area (Å²) in [4.78, 5) is 16.5. The Kier molecular flexibility index (Phi) is 5.55. The van der Waals surface area contributed by atoms with E-state index in [0.29, 0.717) is 18.5 Å². The largest absolute Gasteiger partial charge is 0.371 e. The maximum atomic E-state index is 12.1. The molecule has 28 heavy (non-hydrogen) atoms. The number of nitrogens with zero attached hydrogens (tertiary/aromatic N) is 4. The molecule has 150 valence electrons. The molecular weight excluding hydrogens is 350 g/mol. The van der Waals surface area contributed by atoms with Crippen LogP contribution in [0.15, 0.2) is 36.5 Å². The van der Waals surface area contributed by atoms with Gasteiger partial charge >= 0.3 is 0 Å². The molecule has 0 spiro atoms. The van der Waals surface area contributed by atoms with E-state index < -0.39 is 0 Å². The van der Waals surface area contributed by atoms with Crippen LogP contribution in [0.3, 0.4) is 0 Å². The zero-order valence-corrected chi connectivity index (χ0v) is 17.0. The number of hydrogen-bond acceptors (Lipinski definition) is 4. The van der Waals surface area contributed by atoms with Crippen LogP contribution < -0.4 is 15.1 Å². The number of rotatable bonds is 6. The van der Waals surface area contributed by atoms with Crippen molar-refractivity contribution in [1.29, 1.82) is 0 Å². The van der Waals surface area contributed by atoms with E-state index in [1.807, 2.05) is 11.1 Å². The lowest BCUT2D eigenvalue weighted by molar-refractivity contribution is -0.117. The van der Waals surface area contributed by atoms with E-state index in [4.69, 9.17) is 0 Å². The molecule has 1 atom stereocenters. The smallest absolute Gasteiger partial charge is 0.227 e. The highest BCUT2D eigenvalue weighted by Crippen LogP contribution is 2.29. The first-order valence-corrected chi connectivity index (χ1v) is 10.6. The van der Waals surface area contributed by atoms with Crippen molar-refractivity contribution >= 4 is 23.1 Å². The van der Waals surface area contributed by atoms with Gasteiger partial charge in [0.25, 0.3) is 0 Å². The van der Waals surface area contributed by atoms with Gasteiger partial charge in [-0.15, -0.1) is 0 Å². The highest BCUT2D eigenvalue weighted by atomic mass is 16.2. The highest BCUT2D eigenvalue weighted by molar-refractivity contribution is 5.96. The summed E-state index contributed by atoms with van der Waals surface area (Å²) < 4.78 is 2.06. The first-order valence-electron chi connectivity index (χ1n) is 10.6. The molecule has 2 saturated heterocycles. The van der Waals surface area contributed by atoms with Crippen LogP contribution in [0.4, 0.5) is 17.2 Å². The molecule has 2 aromatic rings. The third-order valence-corrected chi connectivity index (χ3v) is 5.98. The van der Waals surface area contributed by atoms with Crippen molar-refractivity contribution < 1.29 is 4.79 Å². The predicted octanol–water partition coefficient (Wildman–Crippen LogP) is 3.89. The predicted molar refractivity (Wildman–Crippen MR) is 114 cm³/mol. The number of carbonyl (C=O) groups is 1. The fourth-order valence-electron chi connectivity index (χ4n) is 4.39. The number of aromatic nitrogens is 2. The molecule has 1 N–H and O–H groups in total. The van der Waals surface area contributed by atoms with Crippen molar-refractivity contribution in [2.45, 2.75) is 64.6 Å². The van der Waals surface area contributed by atoms with Crippen molar-refractivity contribution in [2.24, 2.45) is 0 Å². The van der Waals surface area contributed by atoms with Crippen molar-refractivity contribution in [1.82, 2.24) is 9.78 Å². The molecule has 0 radical (unpaired) electrons. The Morgan fingerprint density at radius 3 is 2.43 bits per heavy atom. The number of benzene rings is 1. The maximum absolute atomic E-state index is 12.1. The summed E-state index contributed by atoms with van der Waals surface area (Å²) in [6.07, 6.45) is 6.81. The van der Waals surface area contributed by atoms with E-state index in [0.717, 1.165) is 56.8 Å². The second kappa shape index (κ2) is 8.25. The monoisotopic (exact) mass is 381 g/mol. The molecule has 0 bridgehead atoms. The number of anilines is 3. The third-order valence-electron chi connectivity index (χ3n) is 5.98. The lowest BCUT2D eigenvalue weighted by atomic mass is 10.0. The third kappa shape index (κ3) is 3.86. The van der Waals surface area contributed by atoms with Gasteiger partial charge in [0.05, 0.1) is 6.20 Å². The number of carbonyl (C=O) groups excluding carboxylic acids is 1. The van der Waals surface area contributed by atoms with Gasteiger partial charge in [0.1, 0.15) is 5.82 Å². The highest BCUT2D eigenvalue weighted by Gasteiger charge is 2.29. The zero-order valence-electron chi connectivity index (χ0n) is 17.0. The van der Waals surface area contributed by atoms with Crippen molar-refractivity contribution in [3.63, 3.8) is 0 Å². The minimum atomic E-state index is 0.245. The molecule has 1 unspecified atom stereocenters. The van der Waals surface area contributed by atoms with Gasteiger partial charge in [0.15, 0.2) is 0 Å². The number of aryl methyl sites for hydroxylation is 1. The van der Waals surface area contributed by atoms with Crippen molar-refractivity contribution in [2.75, 3.05) is 28.2 Å². The summed E-state index contributed by atoms with van der Waals surface area (Å²) >= 11 is 0. The number of nitrogens with one attached hydrogen (secondary N) is 1. The maximum Gasteiger partial charge on any atom is 0.227 e. The van der Waals surface area contributed by atoms with Crippen LogP contribution in [0, 0.1) is 0 Å². The van der Waals surface area contributed by atoms with Gasteiger partial charge in [0, 0.05) is 55.6 Å². The van der Waals surface area contributed by atoms with Gasteiger partial charge in [-0.1, -0.05) is 6.92 Å². The summed E-state index contributed by atoms with van der Waals surface area (Å²) in [6.45, 7) is 7.34. The van der Waals surface area contributed by atoms with E-state index in [2.05, 4.69) is 64.2 Å². The zero-order chi connectivity index (χ0) is 19.5. The molecule has 1 aromatic heterocycles. The summed E-state index contributed by atoms with van der Waals surface area (Å²) in [5.41, 5.74) is 2.28. The molecule has 2 fully saturated rings.